The van der Waals surface area contributed by atoms with Gasteiger partial charge in [0.05, 0.1) is 18.8 Å². The van der Waals surface area contributed by atoms with Crippen molar-refractivity contribution in [2.75, 3.05) is 7.11 Å². The summed E-state index contributed by atoms with van der Waals surface area (Å²) < 4.78 is 11.1. The monoisotopic (exact) mass is 223 g/mol. The molecule has 16 heavy (non-hydrogen) atoms. The zero-order chi connectivity index (χ0) is 12.1. The van der Waals surface area contributed by atoms with Crippen molar-refractivity contribution in [1.29, 1.82) is 0 Å². The standard InChI is InChI=1S/C13H21NO2/c1-5-9(2)16-12-8-6-7-11(15-4)13(12)10(3)14/h6-10H,5,14H2,1-4H3. The summed E-state index contributed by atoms with van der Waals surface area (Å²) in [7, 11) is 1.65. The molecule has 90 valence electrons. The number of ether oxygens (including phenoxy) is 2. The summed E-state index contributed by atoms with van der Waals surface area (Å²) in [6.45, 7) is 6.07. The van der Waals surface area contributed by atoms with Crippen LogP contribution in [0.15, 0.2) is 18.2 Å². The fourth-order valence-corrected chi connectivity index (χ4v) is 1.55. The van der Waals surface area contributed by atoms with Crippen LogP contribution in [-0.2, 0) is 0 Å². The zero-order valence-corrected chi connectivity index (χ0v) is 10.5. The van der Waals surface area contributed by atoms with Crippen molar-refractivity contribution < 1.29 is 9.47 Å². The van der Waals surface area contributed by atoms with Crippen LogP contribution in [0.25, 0.3) is 0 Å². The molecule has 0 spiro atoms. The maximum Gasteiger partial charge on any atom is 0.128 e. The summed E-state index contributed by atoms with van der Waals surface area (Å²) in [5.41, 5.74) is 6.88. The first-order valence-electron chi connectivity index (χ1n) is 5.69. The molecule has 2 N–H and O–H groups in total. The number of rotatable bonds is 5. The smallest absolute Gasteiger partial charge is 0.128 e. The van der Waals surface area contributed by atoms with Gasteiger partial charge in [-0.1, -0.05) is 13.0 Å². The van der Waals surface area contributed by atoms with E-state index in [1.807, 2.05) is 32.0 Å². The third-order valence-corrected chi connectivity index (χ3v) is 2.60. The third-order valence-electron chi connectivity index (χ3n) is 2.60. The molecule has 1 aromatic carbocycles. The molecule has 0 aliphatic heterocycles. The first-order valence-corrected chi connectivity index (χ1v) is 5.69. The Morgan fingerprint density at radius 2 is 1.88 bits per heavy atom. The van der Waals surface area contributed by atoms with Crippen LogP contribution in [0.4, 0.5) is 0 Å². The largest absolute Gasteiger partial charge is 0.496 e. The van der Waals surface area contributed by atoms with Gasteiger partial charge < -0.3 is 15.2 Å². The highest BCUT2D eigenvalue weighted by molar-refractivity contribution is 5.46. The SMILES string of the molecule is CCC(C)Oc1cccc(OC)c1C(C)N. The molecule has 0 aromatic heterocycles. The van der Waals surface area contributed by atoms with Gasteiger partial charge in [0.2, 0.25) is 0 Å². The normalized spacial score (nSPS) is 14.3. The average Bonchev–Trinajstić information content (AvgIpc) is 2.28. The van der Waals surface area contributed by atoms with E-state index in [1.54, 1.807) is 7.11 Å². The van der Waals surface area contributed by atoms with Crippen molar-refractivity contribution in [3.05, 3.63) is 23.8 Å². The molecule has 0 radical (unpaired) electrons. The lowest BCUT2D eigenvalue weighted by Crippen LogP contribution is -2.15. The minimum Gasteiger partial charge on any atom is -0.496 e. The Bertz CT molecular complexity index is 337. The number of benzene rings is 1. The highest BCUT2D eigenvalue weighted by atomic mass is 16.5. The average molecular weight is 223 g/mol. The molecule has 2 unspecified atom stereocenters. The van der Waals surface area contributed by atoms with Gasteiger partial charge in [0, 0.05) is 6.04 Å². The lowest BCUT2D eigenvalue weighted by molar-refractivity contribution is 0.213. The second kappa shape index (κ2) is 5.75. The lowest BCUT2D eigenvalue weighted by Gasteiger charge is -2.20. The summed E-state index contributed by atoms with van der Waals surface area (Å²) in [6.07, 6.45) is 1.15. The van der Waals surface area contributed by atoms with Gasteiger partial charge in [-0.25, -0.2) is 0 Å². The van der Waals surface area contributed by atoms with Gasteiger partial charge in [0.25, 0.3) is 0 Å². The molecule has 0 saturated heterocycles. The van der Waals surface area contributed by atoms with Crippen molar-refractivity contribution in [2.45, 2.75) is 39.3 Å². The molecule has 3 nitrogen and oxygen atoms in total. The molecule has 0 fully saturated rings. The van der Waals surface area contributed by atoms with Crippen LogP contribution in [0.1, 0.15) is 38.8 Å². The van der Waals surface area contributed by atoms with E-state index in [1.165, 1.54) is 0 Å². The molecule has 2 atom stereocenters. The van der Waals surface area contributed by atoms with E-state index >= 15 is 0 Å². The van der Waals surface area contributed by atoms with E-state index in [-0.39, 0.29) is 12.1 Å². The number of nitrogens with two attached hydrogens (primary N) is 1. The molecule has 1 rings (SSSR count). The maximum absolute atomic E-state index is 5.95. The molecule has 0 amide bonds. The van der Waals surface area contributed by atoms with Crippen LogP contribution >= 0.6 is 0 Å². The Labute approximate surface area is 97.6 Å². The van der Waals surface area contributed by atoms with Gasteiger partial charge in [0.1, 0.15) is 11.5 Å². The molecular formula is C13H21NO2. The summed E-state index contributed by atoms with van der Waals surface area (Å²) in [6, 6.07) is 5.66. The second-order valence-electron chi connectivity index (χ2n) is 4.00. The summed E-state index contributed by atoms with van der Waals surface area (Å²) in [5.74, 6) is 1.61. The van der Waals surface area contributed by atoms with Crippen LogP contribution in [-0.4, -0.2) is 13.2 Å². The molecule has 0 saturated carbocycles. The Morgan fingerprint density at radius 3 is 2.38 bits per heavy atom. The van der Waals surface area contributed by atoms with Crippen LogP contribution in [0, 0.1) is 0 Å². The van der Waals surface area contributed by atoms with E-state index in [2.05, 4.69) is 6.92 Å². The highest BCUT2D eigenvalue weighted by Crippen LogP contribution is 2.33. The van der Waals surface area contributed by atoms with Crippen LogP contribution < -0.4 is 15.2 Å². The maximum atomic E-state index is 5.95. The van der Waals surface area contributed by atoms with Gasteiger partial charge in [0.15, 0.2) is 0 Å². The van der Waals surface area contributed by atoms with Crippen molar-refractivity contribution in [2.24, 2.45) is 5.73 Å². The number of hydrogen-bond donors (Lipinski definition) is 1. The van der Waals surface area contributed by atoms with E-state index in [0.717, 1.165) is 23.5 Å². The predicted molar refractivity (Wildman–Crippen MR) is 66.0 cm³/mol. The van der Waals surface area contributed by atoms with Crippen LogP contribution in [0.2, 0.25) is 0 Å². The van der Waals surface area contributed by atoms with Gasteiger partial charge in [-0.15, -0.1) is 0 Å². The summed E-state index contributed by atoms with van der Waals surface area (Å²) in [4.78, 5) is 0. The fourth-order valence-electron chi connectivity index (χ4n) is 1.55. The first kappa shape index (κ1) is 12.8. The first-order chi connectivity index (χ1) is 7.60. The van der Waals surface area contributed by atoms with Crippen LogP contribution in [0.5, 0.6) is 11.5 Å². The van der Waals surface area contributed by atoms with Crippen molar-refractivity contribution in [3.63, 3.8) is 0 Å². The minimum absolute atomic E-state index is 0.102. The third kappa shape index (κ3) is 2.89. The quantitative estimate of drug-likeness (QED) is 0.834. The highest BCUT2D eigenvalue weighted by Gasteiger charge is 2.15. The summed E-state index contributed by atoms with van der Waals surface area (Å²) in [5, 5.41) is 0. The molecule has 0 aliphatic carbocycles. The zero-order valence-electron chi connectivity index (χ0n) is 10.5. The van der Waals surface area contributed by atoms with Gasteiger partial charge in [-0.2, -0.15) is 0 Å². The molecule has 0 aliphatic rings. The Morgan fingerprint density at radius 1 is 1.25 bits per heavy atom. The summed E-state index contributed by atoms with van der Waals surface area (Å²) >= 11 is 0. The molecule has 0 heterocycles. The Kier molecular flexibility index (Phi) is 4.62. The minimum atomic E-state index is -0.102. The van der Waals surface area contributed by atoms with Gasteiger partial charge >= 0.3 is 0 Å². The molecule has 0 bridgehead atoms. The van der Waals surface area contributed by atoms with Crippen LogP contribution in [0.3, 0.4) is 0 Å². The van der Waals surface area contributed by atoms with E-state index in [0.29, 0.717) is 0 Å². The Hall–Kier alpha value is -1.22. The number of methoxy groups -OCH3 is 1. The second-order valence-corrected chi connectivity index (χ2v) is 4.00. The predicted octanol–water partition coefficient (Wildman–Crippen LogP) is 2.89. The van der Waals surface area contributed by atoms with Gasteiger partial charge in [-0.3, -0.25) is 0 Å². The molecule has 1 aromatic rings. The molecular weight excluding hydrogens is 202 g/mol. The van der Waals surface area contributed by atoms with Gasteiger partial charge in [-0.05, 0) is 32.4 Å². The van der Waals surface area contributed by atoms with E-state index in [4.69, 9.17) is 15.2 Å². The number of hydrogen-bond acceptors (Lipinski definition) is 3. The lowest BCUT2D eigenvalue weighted by atomic mass is 10.1. The van der Waals surface area contributed by atoms with Crippen molar-refractivity contribution in [1.82, 2.24) is 0 Å². The Balaban J connectivity index is 3.07. The van der Waals surface area contributed by atoms with E-state index in [9.17, 15) is 0 Å². The topological polar surface area (TPSA) is 44.5 Å². The fraction of sp³-hybridized carbons (Fsp3) is 0.538. The van der Waals surface area contributed by atoms with E-state index < -0.39 is 0 Å². The molecule has 3 heteroatoms. The van der Waals surface area contributed by atoms with Crippen molar-refractivity contribution >= 4 is 0 Å². The van der Waals surface area contributed by atoms with Crippen molar-refractivity contribution in [3.8, 4) is 11.5 Å².